The lowest BCUT2D eigenvalue weighted by atomic mass is 10.2. The number of rotatable bonds is 4. The summed E-state index contributed by atoms with van der Waals surface area (Å²) in [4.78, 5) is 4.05. The van der Waals surface area contributed by atoms with Gasteiger partial charge in [-0.3, -0.25) is 0 Å². The van der Waals surface area contributed by atoms with E-state index in [4.69, 9.17) is 5.73 Å². The number of hydrogen-bond donors (Lipinski definition) is 2. The van der Waals surface area contributed by atoms with E-state index < -0.39 is 6.36 Å². The Balaban J connectivity index is 0.00000288. The third-order valence-electron chi connectivity index (χ3n) is 2.71. The van der Waals surface area contributed by atoms with Crippen LogP contribution in [0.15, 0.2) is 53.5 Å². The van der Waals surface area contributed by atoms with Crippen LogP contribution in [0, 0.1) is 5.82 Å². The molecule has 0 radical (unpaired) electrons. The van der Waals surface area contributed by atoms with E-state index in [1.54, 1.807) is 12.1 Å². The van der Waals surface area contributed by atoms with Crippen molar-refractivity contribution < 1.29 is 22.3 Å². The molecule has 130 valence electrons. The van der Waals surface area contributed by atoms with Gasteiger partial charge in [0.25, 0.3) is 0 Å². The molecule has 0 saturated heterocycles. The summed E-state index contributed by atoms with van der Waals surface area (Å²) in [5.41, 5.74) is 6.90. The van der Waals surface area contributed by atoms with Crippen LogP contribution < -0.4 is 15.8 Å². The van der Waals surface area contributed by atoms with Gasteiger partial charge in [0, 0.05) is 5.69 Å². The van der Waals surface area contributed by atoms with Crippen LogP contribution in [0.25, 0.3) is 0 Å². The topological polar surface area (TPSA) is 59.6 Å². The van der Waals surface area contributed by atoms with Crippen LogP contribution in [0.3, 0.4) is 0 Å². The first-order valence-electron chi connectivity index (χ1n) is 6.49. The van der Waals surface area contributed by atoms with E-state index in [9.17, 15) is 17.6 Å². The average molecular weight is 455 g/mol. The van der Waals surface area contributed by atoms with Crippen LogP contribution in [0.2, 0.25) is 0 Å². The second-order valence-corrected chi connectivity index (χ2v) is 4.53. The van der Waals surface area contributed by atoms with E-state index in [-0.39, 0.29) is 48.0 Å². The number of nitrogens with one attached hydrogen (secondary N) is 1. The number of halogens is 5. The van der Waals surface area contributed by atoms with E-state index in [0.717, 1.165) is 17.7 Å². The van der Waals surface area contributed by atoms with Gasteiger partial charge in [-0.05, 0) is 42.0 Å². The van der Waals surface area contributed by atoms with Crippen molar-refractivity contribution in [3.63, 3.8) is 0 Å². The maximum Gasteiger partial charge on any atom is 0.573 e. The lowest BCUT2D eigenvalue weighted by Crippen LogP contribution is -2.22. The highest BCUT2D eigenvalue weighted by Gasteiger charge is 2.30. The van der Waals surface area contributed by atoms with Gasteiger partial charge in [0.2, 0.25) is 0 Å². The fraction of sp³-hybridized carbons (Fsp3) is 0.133. The van der Waals surface area contributed by atoms with Crippen molar-refractivity contribution >= 4 is 35.6 Å². The molecule has 0 aliphatic heterocycles. The summed E-state index contributed by atoms with van der Waals surface area (Å²) in [6.07, 6.45) is -4.73. The van der Waals surface area contributed by atoms with Crippen LogP contribution >= 0.6 is 24.0 Å². The van der Waals surface area contributed by atoms with Gasteiger partial charge in [-0.1, -0.05) is 12.1 Å². The summed E-state index contributed by atoms with van der Waals surface area (Å²) in [5, 5.41) is 2.73. The number of nitrogens with two attached hydrogens (primary N) is 1. The molecule has 2 aromatic carbocycles. The molecule has 4 nitrogen and oxygen atoms in total. The molecule has 0 aromatic heterocycles. The first-order chi connectivity index (χ1) is 10.8. The van der Waals surface area contributed by atoms with Gasteiger partial charge in [0.05, 0.1) is 6.54 Å². The number of benzene rings is 2. The normalized spacial score (nSPS) is 11.6. The molecule has 0 atom stereocenters. The van der Waals surface area contributed by atoms with Gasteiger partial charge < -0.3 is 15.8 Å². The van der Waals surface area contributed by atoms with Gasteiger partial charge in [-0.2, -0.15) is 0 Å². The Morgan fingerprint density at radius 3 is 2.17 bits per heavy atom. The van der Waals surface area contributed by atoms with E-state index in [1.165, 1.54) is 24.3 Å². The van der Waals surface area contributed by atoms with Crippen molar-refractivity contribution in [2.45, 2.75) is 12.9 Å². The predicted molar refractivity (Wildman–Crippen MR) is 93.9 cm³/mol. The maximum atomic E-state index is 12.8. The number of hydrogen-bond acceptors (Lipinski definition) is 2. The molecule has 0 spiro atoms. The number of anilines is 1. The van der Waals surface area contributed by atoms with Crippen LogP contribution in [0.4, 0.5) is 23.2 Å². The molecule has 0 heterocycles. The number of guanidine groups is 1. The van der Waals surface area contributed by atoms with E-state index >= 15 is 0 Å². The van der Waals surface area contributed by atoms with E-state index in [0.29, 0.717) is 5.69 Å². The summed E-state index contributed by atoms with van der Waals surface area (Å²) in [7, 11) is 0. The zero-order chi connectivity index (χ0) is 16.9. The molecule has 0 aliphatic carbocycles. The molecule has 0 fully saturated rings. The monoisotopic (exact) mass is 455 g/mol. The summed E-state index contributed by atoms with van der Waals surface area (Å²) in [5.74, 6) is -0.589. The molecular weight excluding hydrogens is 441 g/mol. The molecule has 0 bridgehead atoms. The van der Waals surface area contributed by atoms with Gasteiger partial charge >= 0.3 is 6.36 Å². The molecule has 0 aliphatic rings. The van der Waals surface area contributed by atoms with Crippen LogP contribution in [-0.4, -0.2) is 12.3 Å². The van der Waals surface area contributed by atoms with Gasteiger partial charge in [-0.25, -0.2) is 9.38 Å². The number of alkyl halides is 3. The minimum absolute atomic E-state index is 0. The van der Waals surface area contributed by atoms with E-state index in [1.807, 2.05) is 0 Å². The zero-order valence-electron chi connectivity index (χ0n) is 12.2. The summed E-state index contributed by atoms with van der Waals surface area (Å²) in [6.45, 7) is 0.244. The fourth-order valence-corrected chi connectivity index (χ4v) is 1.69. The Morgan fingerprint density at radius 2 is 1.62 bits per heavy atom. The standard InChI is InChI=1S/C15H13F4N3O.HI/c16-11-3-1-10(2-4-11)9-21-14(20)22-12-5-7-13(8-6-12)23-15(17,18)19;/h1-8H,9H2,(H3,20,21,22);1H. The lowest BCUT2D eigenvalue weighted by molar-refractivity contribution is -0.274. The van der Waals surface area contributed by atoms with Crippen LogP contribution in [0.1, 0.15) is 5.56 Å². The second kappa shape index (κ2) is 8.71. The Hall–Kier alpha value is -2.04. The largest absolute Gasteiger partial charge is 0.573 e. The fourth-order valence-electron chi connectivity index (χ4n) is 1.69. The van der Waals surface area contributed by atoms with Crippen molar-refractivity contribution in [1.82, 2.24) is 0 Å². The summed E-state index contributed by atoms with van der Waals surface area (Å²) < 4.78 is 52.6. The highest BCUT2D eigenvalue weighted by molar-refractivity contribution is 14.0. The number of aliphatic imine (C=N–C) groups is 1. The second-order valence-electron chi connectivity index (χ2n) is 4.53. The number of nitrogens with zero attached hydrogens (tertiary/aromatic N) is 1. The molecule has 2 aromatic rings. The molecule has 0 amide bonds. The van der Waals surface area contributed by atoms with Crippen molar-refractivity contribution in [1.29, 1.82) is 0 Å². The van der Waals surface area contributed by atoms with Crippen LogP contribution in [-0.2, 0) is 6.54 Å². The van der Waals surface area contributed by atoms with Gasteiger partial charge in [0.1, 0.15) is 11.6 Å². The highest BCUT2D eigenvalue weighted by Crippen LogP contribution is 2.23. The third kappa shape index (κ3) is 7.02. The molecule has 3 N–H and O–H groups in total. The molecular formula is C15H14F4IN3O. The summed E-state index contributed by atoms with van der Waals surface area (Å²) >= 11 is 0. The number of ether oxygens (including phenoxy) is 1. The smallest absolute Gasteiger partial charge is 0.406 e. The van der Waals surface area contributed by atoms with Crippen molar-refractivity contribution in [3.8, 4) is 5.75 Å². The quantitative estimate of drug-likeness (QED) is 0.314. The Labute approximate surface area is 152 Å². The molecule has 2 rings (SSSR count). The maximum absolute atomic E-state index is 12.8. The van der Waals surface area contributed by atoms with Crippen molar-refractivity contribution in [2.75, 3.05) is 5.32 Å². The van der Waals surface area contributed by atoms with Crippen molar-refractivity contribution in [3.05, 3.63) is 59.9 Å². The minimum Gasteiger partial charge on any atom is -0.406 e. The van der Waals surface area contributed by atoms with Crippen molar-refractivity contribution in [2.24, 2.45) is 10.7 Å². The highest BCUT2D eigenvalue weighted by atomic mass is 127. The van der Waals surface area contributed by atoms with Gasteiger partial charge in [0.15, 0.2) is 5.96 Å². The average Bonchev–Trinajstić information content (AvgIpc) is 2.47. The minimum atomic E-state index is -4.73. The Morgan fingerprint density at radius 1 is 1.04 bits per heavy atom. The zero-order valence-corrected chi connectivity index (χ0v) is 14.5. The SMILES string of the molecule is I.NC(=NCc1ccc(F)cc1)Nc1ccc(OC(F)(F)F)cc1. The first kappa shape index (κ1) is 20.0. The van der Waals surface area contributed by atoms with Gasteiger partial charge in [-0.15, -0.1) is 37.1 Å². The lowest BCUT2D eigenvalue weighted by Gasteiger charge is -2.10. The predicted octanol–water partition coefficient (Wildman–Crippen LogP) is 4.27. The molecule has 0 unspecified atom stereocenters. The molecule has 24 heavy (non-hydrogen) atoms. The molecule has 0 saturated carbocycles. The van der Waals surface area contributed by atoms with E-state index in [2.05, 4.69) is 15.0 Å². The Kier molecular flexibility index (Phi) is 7.26. The summed E-state index contributed by atoms with van der Waals surface area (Å²) in [6, 6.07) is 10.8. The molecule has 9 heteroatoms. The van der Waals surface area contributed by atoms with Crippen LogP contribution in [0.5, 0.6) is 5.75 Å². The third-order valence-corrected chi connectivity index (χ3v) is 2.71. The first-order valence-corrected chi connectivity index (χ1v) is 6.49. The Bertz CT molecular complexity index is 673.